The molecule has 0 aliphatic rings. The minimum Gasteiger partial charge on any atom is -0.389 e. The van der Waals surface area contributed by atoms with Crippen LogP contribution < -0.4 is 0 Å². The van der Waals surface area contributed by atoms with Gasteiger partial charge in [-0.15, -0.1) is 0 Å². The molecule has 0 saturated carbocycles. The third-order valence-corrected chi connectivity index (χ3v) is 4.57. The second-order valence-electron chi connectivity index (χ2n) is 4.34. The summed E-state index contributed by atoms with van der Waals surface area (Å²) in [4.78, 5) is 11.8. The fraction of sp³-hybridized carbons (Fsp3) is 0.143. The van der Waals surface area contributed by atoms with E-state index >= 15 is 0 Å². The Hall–Kier alpha value is -1.27. The number of nitrogens with zero attached hydrogens (tertiary/aromatic N) is 1. The average molecular weight is 344 g/mol. The third kappa shape index (κ3) is 3.89. The Balaban J connectivity index is 2.44. The molecule has 4 nitrogen and oxygen atoms in total. The predicted octanol–water partition coefficient (Wildman–Crippen LogP) is 5.11. The largest absolute Gasteiger partial charge is 0.389 e. The van der Waals surface area contributed by atoms with Crippen molar-refractivity contribution in [3.63, 3.8) is 0 Å². The molecule has 2 aromatic carbocycles. The topological polar surface area (TPSA) is 63.4 Å². The minimum atomic E-state index is -0.766. The van der Waals surface area contributed by atoms with Crippen molar-refractivity contribution in [2.75, 3.05) is 0 Å². The number of hydrogen-bond acceptors (Lipinski definition) is 4. The van der Waals surface area contributed by atoms with Crippen molar-refractivity contribution in [1.29, 1.82) is 0 Å². The van der Waals surface area contributed by atoms with Crippen LogP contribution in [0, 0.1) is 10.1 Å². The fourth-order valence-corrected chi connectivity index (χ4v) is 3.13. The molecule has 110 valence electrons. The predicted molar refractivity (Wildman–Crippen MR) is 84.3 cm³/mol. The summed E-state index contributed by atoms with van der Waals surface area (Å²) in [6.45, 7) is 1.56. The molecule has 7 heteroatoms. The summed E-state index contributed by atoms with van der Waals surface area (Å²) >= 11 is 13.1. The maximum Gasteiger partial charge on any atom is 0.283 e. The van der Waals surface area contributed by atoms with E-state index in [0.29, 0.717) is 25.4 Å². The second kappa shape index (κ2) is 6.66. The van der Waals surface area contributed by atoms with Crippen LogP contribution in [0.3, 0.4) is 0 Å². The van der Waals surface area contributed by atoms with E-state index < -0.39 is 11.0 Å². The van der Waals surface area contributed by atoms with Gasteiger partial charge in [0, 0.05) is 16.0 Å². The summed E-state index contributed by atoms with van der Waals surface area (Å²) in [6.07, 6.45) is -0.766. The number of hydrogen-bond donors (Lipinski definition) is 1. The van der Waals surface area contributed by atoms with Gasteiger partial charge >= 0.3 is 0 Å². The van der Waals surface area contributed by atoms with E-state index in [1.807, 2.05) is 0 Å². The minimum absolute atomic E-state index is 0.0746. The van der Waals surface area contributed by atoms with Gasteiger partial charge in [-0.3, -0.25) is 10.1 Å². The lowest BCUT2D eigenvalue weighted by atomic mass is 10.1. The molecule has 0 spiro atoms. The first-order chi connectivity index (χ1) is 9.88. The Morgan fingerprint density at radius 1 is 1.19 bits per heavy atom. The Morgan fingerprint density at radius 3 is 2.52 bits per heavy atom. The van der Waals surface area contributed by atoms with Crippen LogP contribution in [0.25, 0.3) is 0 Å². The highest BCUT2D eigenvalue weighted by atomic mass is 35.5. The normalized spacial score (nSPS) is 12.2. The van der Waals surface area contributed by atoms with Gasteiger partial charge in [-0.05, 0) is 36.8 Å². The van der Waals surface area contributed by atoms with E-state index in [2.05, 4.69) is 0 Å². The maximum atomic E-state index is 11.2. The molecule has 0 aliphatic carbocycles. The van der Waals surface area contributed by atoms with Crippen molar-refractivity contribution in [3.8, 4) is 0 Å². The molecule has 1 unspecified atom stereocenters. The first kappa shape index (κ1) is 16.1. The molecule has 0 aliphatic heterocycles. The average Bonchev–Trinajstić information content (AvgIpc) is 2.42. The molecule has 1 N–H and O–H groups in total. The third-order valence-electron chi connectivity index (χ3n) is 2.78. The number of rotatable bonds is 4. The molecule has 1 atom stereocenters. The van der Waals surface area contributed by atoms with Crippen molar-refractivity contribution in [2.24, 2.45) is 0 Å². The van der Waals surface area contributed by atoms with Crippen LogP contribution >= 0.6 is 35.0 Å². The number of aliphatic hydroxyl groups excluding tert-OH is 1. The first-order valence-electron chi connectivity index (χ1n) is 5.98. The van der Waals surface area contributed by atoms with Crippen LogP contribution in [-0.4, -0.2) is 10.0 Å². The van der Waals surface area contributed by atoms with E-state index in [4.69, 9.17) is 23.2 Å². The van der Waals surface area contributed by atoms with E-state index in [-0.39, 0.29) is 5.69 Å². The Bertz CT molecular complexity index is 692. The zero-order valence-corrected chi connectivity index (χ0v) is 13.2. The number of nitro groups is 1. The van der Waals surface area contributed by atoms with E-state index in [1.54, 1.807) is 37.3 Å². The van der Waals surface area contributed by atoms with Gasteiger partial charge in [0.15, 0.2) is 0 Å². The summed E-state index contributed by atoms with van der Waals surface area (Å²) < 4.78 is 0. The highest BCUT2D eigenvalue weighted by Crippen LogP contribution is 2.40. The lowest BCUT2D eigenvalue weighted by Gasteiger charge is -2.09. The van der Waals surface area contributed by atoms with Crippen molar-refractivity contribution in [3.05, 3.63) is 62.1 Å². The quantitative estimate of drug-likeness (QED) is 0.619. The van der Waals surface area contributed by atoms with Gasteiger partial charge in [-0.25, -0.2) is 0 Å². The number of benzene rings is 2. The van der Waals surface area contributed by atoms with Crippen molar-refractivity contribution in [1.82, 2.24) is 0 Å². The van der Waals surface area contributed by atoms with Gasteiger partial charge in [-0.2, -0.15) is 0 Å². The molecule has 21 heavy (non-hydrogen) atoms. The zero-order valence-electron chi connectivity index (χ0n) is 10.9. The van der Waals surface area contributed by atoms with E-state index in [9.17, 15) is 15.2 Å². The van der Waals surface area contributed by atoms with Crippen LogP contribution in [-0.2, 0) is 0 Å². The number of nitro benzene ring substituents is 1. The van der Waals surface area contributed by atoms with E-state index in [0.717, 1.165) is 11.8 Å². The standard InChI is InChI=1S/C14H11Cl2NO3S/c1-8(18)9-2-5-13(12(6-9)17(19)20)21-14-7-10(15)3-4-11(14)16/h2-8,18H,1H3. The molecule has 0 aromatic heterocycles. The number of halogens is 2. The van der Waals surface area contributed by atoms with Crippen LogP contribution in [0.1, 0.15) is 18.6 Å². The Labute approximate surface area is 135 Å². The van der Waals surface area contributed by atoms with Crippen LogP contribution in [0.4, 0.5) is 5.69 Å². The number of aliphatic hydroxyl groups is 1. The van der Waals surface area contributed by atoms with Crippen LogP contribution in [0.5, 0.6) is 0 Å². The molecule has 0 saturated heterocycles. The molecule has 0 fully saturated rings. The monoisotopic (exact) mass is 343 g/mol. The van der Waals surface area contributed by atoms with Gasteiger partial charge in [-0.1, -0.05) is 41.0 Å². The molecular weight excluding hydrogens is 333 g/mol. The summed E-state index contributed by atoms with van der Waals surface area (Å²) in [7, 11) is 0. The lowest BCUT2D eigenvalue weighted by molar-refractivity contribution is -0.387. The van der Waals surface area contributed by atoms with Crippen LogP contribution in [0.2, 0.25) is 10.0 Å². The molecule has 2 rings (SSSR count). The van der Waals surface area contributed by atoms with Gasteiger partial charge in [0.25, 0.3) is 5.69 Å². The van der Waals surface area contributed by atoms with E-state index in [1.165, 1.54) is 6.07 Å². The second-order valence-corrected chi connectivity index (χ2v) is 6.26. The Morgan fingerprint density at radius 2 is 1.90 bits per heavy atom. The highest BCUT2D eigenvalue weighted by Gasteiger charge is 2.18. The molecule has 0 heterocycles. The zero-order chi connectivity index (χ0) is 15.6. The maximum absolute atomic E-state index is 11.2. The highest BCUT2D eigenvalue weighted by molar-refractivity contribution is 7.99. The molecule has 0 amide bonds. The molecule has 2 aromatic rings. The molecular formula is C14H11Cl2NO3S. The lowest BCUT2D eigenvalue weighted by Crippen LogP contribution is -1.96. The van der Waals surface area contributed by atoms with Gasteiger partial charge < -0.3 is 5.11 Å². The smallest absolute Gasteiger partial charge is 0.283 e. The van der Waals surface area contributed by atoms with Gasteiger partial charge in [0.2, 0.25) is 0 Å². The summed E-state index contributed by atoms with van der Waals surface area (Å²) in [5, 5.41) is 21.7. The SMILES string of the molecule is CC(O)c1ccc(Sc2cc(Cl)ccc2Cl)c([N+](=O)[O-])c1. The van der Waals surface area contributed by atoms with Crippen molar-refractivity contribution >= 4 is 40.7 Å². The molecule has 0 bridgehead atoms. The van der Waals surface area contributed by atoms with Crippen LogP contribution in [0.15, 0.2) is 46.2 Å². The first-order valence-corrected chi connectivity index (χ1v) is 7.55. The molecule has 0 radical (unpaired) electrons. The summed E-state index contributed by atoms with van der Waals surface area (Å²) in [6, 6.07) is 9.56. The van der Waals surface area contributed by atoms with Gasteiger partial charge in [0.1, 0.15) is 0 Å². The van der Waals surface area contributed by atoms with Crippen molar-refractivity contribution in [2.45, 2.75) is 22.8 Å². The summed E-state index contributed by atoms with van der Waals surface area (Å²) in [5.74, 6) is 0. The van der Waals surface area contributed by atoms with Crippen molar-refractivity contribution < 1.29 is 10.0 Å². The Kier molecular flexibility index (Phi) is 5.11. The van der Waals surface area contributed by atoms with Gasteiger partial charge in [0.05, 0.1) is 20.9 Å². The fourth-order valence-electron chi connectivity index (χ4n) is 1.70. The summed E-state index contributed by atoms with van der Waals surface area (Å²) in [5.41, 5.74) is 0.415.